The van der Waals surface area contributed by atoms with E-state index in [2.05, 4.69) is 29.6 Å². The zero-order valence-corrected chi connectivity index (χ0v) is 16.7. The monoisotopic (exact) mass is 388 g/mol. The lowest BCUT2D eigenvalue weighted by atomic mass is 10.1. The number of aliphatic carboxylic acids is 1. The third-order valence-electron chi connectivity index (χ3n) is 5.46. The Morgan fingerprint density at radius 3 is 2.89 bits per heavy atom. The fourth-order valence-corrected chi connectivity index (χ4v) is 4.92. The molecule has 3 rings (SSSR count). The minimum atomic E-state index is -0.796. The Bertz CT molecular complexity index is 789. The zero-order chi connectivity index (χ0) is 19.2. The van der Waals surface area contributed by atoms with Gasteiger partial charge in [0.2, 0.25) is 5.91 Å². The summed E-state index contributed by atoms with van der Waals surface area (Å²) in [5.74, 6) is -0.563. The molecule has 6 heteroatoms. The Morgan fingerprint density at radius 1 is 1.26 bits per heavy atom. The van der Waals surface area contributed by atoms with Gasteiger partial charge < -0.3 is 10.0 Å². The second-order valence-corrected chi connectivity index (χ2v) is 8.30. The van der Waals surface area contributed by atoms with Crippen molar-refractivity contribution in [2.75, 3.05) is 26.7 Å². The van der Waals surface area contributed by atoms with Crippen LogP contribution in [0, 0.1) is 0 Å². The molecular weight excluding hydrogens is 360 g/mol. The molecule has 1 fully saturated rings. The highest BCUT2D eigenvalue weighted by molar-refractivity contribution is 7.17. The largest absolute Gasteiger partial charge is 0.480 e. The van der Waals surface area contributed by atoms with E-state index < -0.39 is 5.97 Å². The fourth-order valence-electron chi connectivity index (χ4n) is 3.93. The van der Waals surface area contributed by atoms with Gasteiger partial charge in [-0.25, -0.2) is 0 Å². The van der Waals surface area contributed by atoms with Gasteiger partial charge >= 0.3 is 5.97 Å². The first kappa shape index (κ1) is 19.8. The number of benzene rings is 1. The van der Waals surface area contributed by atoms with E-state index in [-0.39, 0.29) is 18.5 Å². The molecule has 146 valence electrons. The normalized spacial score (nSPS) is 18.0. The van der Waals surface area contributed by atoms with Gasteiger partial charge in [0.1, 0.15) is 0 Å². The predicted octanol–water partition coefficient (Wildman–Crippen LogP) is 3.62. The van der Waals surface area contributed by atoms with Crippen LogP contribution in [0.5, 0.6) is 0 Å². The molecule has 1 saturated heterocycles. The number of carbonyl (C=O) groups excluding carboxylic acids is 1. The molecule has 27 heavy (non-hydrogen) atoms. The Morgan fingerprint density at radius 2 is 2.07 bits per heavy atom. The molecule has 0 unspecified atom stereocenters. The number of likely N-dealkylation sites (tertiary alicyclic amines) is 1. The molecule has 0 radical (unpaired) electrons. The van der Waals surface area contributed by atoms with Gasteiger partial charge in [-0.1, -0.05) is 18.2 Å². The fraction of sp³-hybridized carbons (Fsp3) is 0.524. The zero-order valence-electron chi connectivity index (χ0n) is 15.9. The van der Waals surface area contributed by atoms with Gasteiger partial charge in [-0.3, -0.25) is 14.5 Å². The van der Waals surface area contributed by atoms with Crippen molar-refractivity contribution >= 4 is 33.3 Å². The molecular formula is C21H28N2O3S. The SMILES string of the molecule is CN(CC(=O)O)[C@H]1CCCN(C(=O)CCCc2csc3ccccc23)CC1. The molecule has 1 aliphatic heterocycles. The van der Waals surface area contributed by atoms with E-state index in [4.69, 9.17) is 5.11 Å². The Hall–Kier alpha value is -1.92. The van der Waals surface area contributed by atoms with Crippen LogP contribution in [0.15, 0.2) is 29.6 Å². The minimum Gasteiger partial charge on any atom is -0.480 e. The summed E-state index contributed by atoms with van der Waals surface area (Å²) in [6.07, 6.45) is 5.14. The summed E-state index contributed by atoms with van der Waals surface area (Å²) in [5.41, 5.74) is 1.34. The smallest absolute Gasteiger partial charge is 0.317 e. The van der Waals surface area contributed by atoms with E-state index in [0.717, 1.165) is 45.2 Å². The minimum absolute atomic E-state index is 0.0627. The highest BCUT2D eigenvalue weighted by Gasteiger charge is 2.23. The molecule has 0 saturated carbocycles. The number of rotatable bonds is 7. The molecule has 5 nitrogen and oxygen atoms in total. The van der Waals surface area contributed by atoms with Gasteiger partial charge in [-0.15, -0.1) is 11.3 Å². The molecule has 0 bridgehead atoms. The first-order valence-corrected chi connectivity index (χ1v) is 10.6. The highest BCUT2D eigenvalue weighted by atomic mass is 32.1. The molecule has 1 aromatic heterocycles. The van der Waals surface area contributed by atoms with Crippen molar-refractivity contribution in [1.29, 1.82) is 0 Å². The number of carbonyl (C=O) groups is 2. The first-order valence-electron chi connectivity index (χ1n) is 9.69. The molecule has 1 aromatic carbocycles. The van der Waals surface area contributed by atoms with E-state index in [0.29, 0.717) is 6.42 Å². The summed E-state index contributed by atoms with van der Waals surface area (Å²) in [6.45, 7) is 1.58. The van der Waals surface area contributed by atoms with Crippen molar-refractivity contribution in [1.82, 2.24) is 9.80 Å². The van der Waals surface area contributed by atoms with Gasteiger partial charge in [0.15, 0.2) is 0 Å². The van der Waals surface area contributed by atoms with Crippen LogP contribution < -0.4 is 0 Å². The molecule has 1 amide bonds. The van der Waals surface area contributed by atoms with Gasteiger partial charge in [0.05, 0.1) is 6.54 Å². The third kappa shape index (κ3) is 5.30. The lowest BCUT2D eigenvalue weighted by Gasteiger charge is -2.25. The standard InChI is InChI=1S/C21H28N2O3S/c1-22(14-21(25)26)17-7-5-12-23(13-11-17)20(24)10-4-6-16-15-27-19-9-3-2-8-18(16)19/h2-3,8-9,15,17H,4-7,10-14H2,1H3,(H,25,26)/t17-/m0/s1. The summed E-state index contributed by atoms with van der Waals surface area (Å²) in [7, 11) is 1.86. The summed E-state index contributed by atoms with van der Waals surface area (Å²) < 4.78 is 1.31. The van der Waals surface area contributed by atoms with Crippen LogP contribution in [-0.4, -0.2) is 59.5 Å². The van der Waals surface area contributed by atoms with Crippen molar-refractivity contribution in [3.63, 3.8) is 0 Å². The second-order valence-electron chi connectivity index (χ2n) is 7.39. The summed E-state index contributed by atoms with van der Waals surface area (Å²) in [5, 5.41) is 12.5. The summed E-state index contributed by atoms with van der Waals surface area (Å²) >= 11 is 1.77. The quantitative estimate of drug-likeness (QED) is 0.787. The third-order valence-corrected chi connectivity index (χ3v) is 6.47. The molecule has 0 aliphatic carbocycles. The lowest BCUT2D eigenvalue weighted by Crippen LogP contribution is -2.37. The van der Waals surface area contributed by atoms with Crippen molar-refractivity contribution in [2.45, 2.75) is 44.6 Å². The predicted molar refractivity (Wildman–Crippen MR) is 109 cm³/mol. The van der Waals surface area contributed by atoms with Crippen LogP contribution >= 0.6 is 11.3 Å². The Kier molecular flexibility index (Phi) is 6.85. The highest BCUT2D eigenvalue weighted by Crippen LogP contribution is 2.27. The first-order chi connectivity index (χ1) is 13.0. The number of fused-ring (bicyclic) bond motifs is 1. The molecule has 0 spiro atoms. The van der Waals surface area contributed by atoms with Crippen LogP contribution in [0.4, 0.5) is 0 Å². The average Bonchev–Trinajstić information content (AvgIpc) is 2.88. The van der Waals surface area contributed by atoms with Crippen molar-refractivity contribution in [2.24, 2.45) is 0 Å². The van der Waals surface area contributed by atoms with Crippen molar-refractivity contribution in [3.8, 4) is 0 Å². The maximum atomic E-state index is 12.6. The second kappa shape index (κ2) is 9.33. The Balaban J connectivity index is 1.46. The number of amides is 1. The van der Waals surface area contributed by atoms with Gasteiger partial charge in [-0.2, -0.15) is 0 Å². The maximum Gasteiger partial charge on any atom is 0.317 e. The van der Waals surface area contributed by atoms with E-state index >= 15 is 0 Å². The van der Waals surface area contributed by atoms with Crippen molar-refractivity contribution < 1.29 is 14.7 Å². The topological polar surface area (TPSA) is 60.9 Å². The maximum absolute atomic E-state index is 12.6. The van der Waals surface area contributed by atoms with Gasteiger partial charge in [0, 0.05) is 30.3 Å². The van der Waals surface area contributed by atoms with Crippen LogP contribution in [0.3, 0.4) is 0 Å². The van der Waals surface area contributed by atoms with Crippen molar-refractivity contribution in [3.05, 3.63) is 35.2 Å². The number of thiophene rings is 1. The van der Waals surface area contributed by atoms with Crippen LogP contribution in [0.2, 0.25) is 0 Å². The van der Waals surface area contributed by atoms with E-state index in [1.165, 1.54) is 15.6 Å². The molecule has 2 aromatic rings. The number of aryl methyl sites for hydroxylation is 1. The number of nitrogens with zero attached hydrogens (tertiary/aromatic N) is 2. The number of hydrogen-bond acceptors (Lipinski definition) is 4. The van der Waals surface area contributed by atoms with Gasteiger partial charge in [0.25, 0.3) is 0 Å². The van der Waals surface area contributed by atoms with Crippen LogP contribution in [0.25, 0.3) is 10.1 Å². The molecule has 1 atom stereocenters. The van der Waals surface area contributed by atoms with E-state index in [1.54, 1.807) is 11.3 Å². The van der Waals surface area contributed by atoms with Crippen LogP contribution in [0.1, 0.15) is 37.7 Å². The van der Waals surface area contributed by atoms with Crippen LogP contribution in [-0.2, 0) is 16.0 Å². The number of likely N-dealkylation sites (N-methyl/N-ethyl adjacent to an activating group) is 1. The average molecular weight is 389 g/mol. The molecule has 1 N–H and O–H groups in total. The van der Waals surface area contributed by atoms with E-state index in [9.17, 15) is 9.59 Å². The number of carboxylic acid groups (broad SMARTS) is 1. The van der Waals surface area contributed by atoms with Gasteiger partial charge in [-0.05, 0) is 61.5 Å². The number of carboxylic acids is 1. The summed E-state index contributed by atoms with van der Waals surface area (Å²) in [6, 6.07) is 8.68. The van der Waals surface area contributed by atoms with E-state index in [1.807, 2.05) is 16.8 Å². The lowest BCUT2D eigenvalue weighted by molar-refractivity contribution is -0.138. The summed E-state index contributed by atoms with van der Waals surface area (Å²) in [4.78, 5) is 27.4. The number of hydrogen-bond donors (Lipinski definition) is 1. The molecule has 2 heterocycles. The molecule has 1 aliphatic rings. The Labute approximate surface area is 164 Å².